The van der Waals surface area contributed by atoms with Gasteiger partial charge in [-0.3, -0.25) is 9.59 Å². The fourth-order valence-corrected chi connectivity index (χ4v) is 3.24. The number of carbonyl (C=O) groups is 2. The fourth-order valence-electron chi connectivity index (χ4n) is 3.24. The van der Waals surface area contributed by atoms with Crippen molar-refractivity contribution in [3.63, 3.8) is 0 Å². The van der Waals surface area contributed by atoms with E-state index in [9.17, 15) is 22.8 Å². The van der Waals surface area contributed by atoms with Gasteiger partial charge in [-0.05, 0) is 43.0 Å². The number of alkyl halides is 3. The molecule has 0 aliphatic heterocycles. The number of benzene rings is 1. The molecule has 0 heterocycles. The van der Waals surface area contributed by atoms with Crippen LogP contribution in [0.15, 0.2) is 24.3 Å². The normalized spacial score (nSPS) is 16.1. The number of halogens is 4. The van der Waals surface area contributed by atoms with Crippen LogP contribution in [-0.4, -0.2) is 30.9 Å². The quantitative estimate of drug-likeness (QED) is 0.678. The minimum atomic E-state index is -4.45. The highest BCUT2D eigenvalue weighted by Crippen LogP contribution is 2.29. The monoisotopic (exact) mass is 407 g/mol. The van der Waals surface area contributed by atoms with Crippen molar-refractivity contribution < 1.29 is 22.8 Å². The van der Waals surface area contributed by atoms with E-state index >= 15 is 0 Å². The van der Waals surface area contributed by atoms with Gasteiger partial charge in [-0.2, -0.15) is 13.2 Å². The molecule has 1 aliphatic carbocycles. The Morgan fingerprint density at radius 1 is 1.11 bits per heavy atom. The average molecular weight is 408 g/mol. The summed E-state index contributed by atoms with van der Waals surface area (Å²) < 4.78 is 37.6. The zero-order chi connectivity index (χ0) is 19.2. The van der Waals surface area contributed by atoms with Crippen molar-refractivity contribution in [2.75, 3.05) is 13.1 Å². The molecule has 27 heavy (non-hydrogen) atoms. The number of amides is 2. The van der Waals surface area contributed by atoms with E-state index in [2.05, 4.69) is 10.6 Å². The molecule has 0 spiro atoms. The fraction of sp³-hybridized carbons (Fsp3) is 0.556. The zero-order valence-corrected chi connectivity index (χ0v) is 15.7. The summed E-state index contributed by atoms with van der Waals surface area (Å²) in [5.41, 5.74) is 4.99. The van der Waals surface area contributed by atoms with Crippen LogP contribution >= 0.6 is 12.4 Å². The van der Waals surface area contributed by atoms with E-state index in [0.717, 1.165) is 49.9 Å². The summed E-state index contributed by atoms with van der Waals surface area (Å²) >= 11 is 0. The molecule has 0 bridgehead atoms. The highest BCUT2D eigenvalue weighted by molar-refractivity contribution is 5.96. The molecule has 2 amide bonds. The van der Waals surface area contributed by atoms with E-state index in [1.165, 1.54) is 6.42 Å². The topological polar surface area (TPSA) is 84.2 Å². The lowest BCUT2D eigenvalue weighted by Crippen LogP contribution is -2.49. The zero-order valence-electron chi connectivity index (χ0n) is 14.8. The molecule has 1 atom stereocenters. The van der Waals surface area contributed by atoms with Gasteiger partial charge in [0.1, 0.15) is 0 Å². The summed E-state index contributed by atoms with van der Waals surface area (Å²) in [7, 11) is 0. The lowest BCUT2D eigenvalue weighted by molar-refractivity contribution is -0.137. The first-order valence-electron chi connectivity index (χ1n) is 8.76. The minimum Gasteiger partial charge on any atom is -0.350 e. The molecule has 1 aromatic carbocycles. The van der Waals surface area contributed by atoms with E-state index in [-0.39, 0.29) is 36.5 Å². The van der Waals surface area contributed by atoms with Gasteiger partial charge in [0.25, 0.3) is 5.91 Å². The molecule has 0 radical (unpaired) electrons. The van der Waals surface area contributed by atoms with Crippen LogP contribution in [0.5, 0.6) is 0 Å². The molecule has 1 aliphatic rings. The van der Waals surface area contributed by atoms with Crippen LogP contribution in [0, 0.1) is 5.92 Å². The maximum absolute atomic E-state index is 12.5. The number of hydrogen-bond acceptors (Lipinski definition) is 3. The molecule has 2 rings (SSSR count). The third-order valence-corrected chi connectivity index (χ3v) is 4.70. The van der Waals surface area contributed by atoms with Crippen LogP contribution in [-0.2, 0) is 11.0 Å². The van der Waals surface area contributed by atoms with E-state index in [1.807, 2.05) is 0 Å². The molecule has 1 fully saturated rings. The number of carbonyl (C=O) groups excluding carboxylic acids is 2. The number of nitrogens with two attached hydrogens (primary N) is 1. The Bertz CT molecular complexity index is 617. The predicted octanol–water partition coefficient (Wildman–Crippen LogP) is 2.88. The van der Waals surface area contributed by atoms with E-state index < -0.39 is 17.6 Å². The van der Waals surface area contributed by atoms with Gasteiger partial charge in [0.05, 0.1) is 12.1 Å². The SMILES string of the molecule is Cl.NCC(NC(=O)CNC(=O)c1ccc(C(F)(F)F)cc1)C1CCCCC1. The Kier molecular flexibility index (Phi) is 9.05. The lowest BCUT2D eigenvalue weighted by atomic mass is 9.84. The first-order chi connectivity index (χ1) is 12.3. The molecular formula is C18H25ClF3N3O2. The first kappa shape index (κ1) is 23.2. The second-order valence-electron chi connectivity index (χ2n) is 6.57. The summed E-state index contributed by atoms with van der Waals surface area (Å²) in [4.78, 5) is 24.0. The minimum absolute atomic E-state index is 0. The van der Waals surface area contributed by atoms with Gasteiger partial charge >= 0.3 is 6.18 Å². The molecule has 0 saturated heterocycles. The summed E-state index contributed by atoms with van der Waals surface area (Å²) in [6.45, 7) is 0.0896. The molecule has 0 aromatic heterocycles. The molecular weight excluding hydrogens is 383 g/mol. The van der Waals surface area contributed by atoms with E-state index in [4.69, 9.17) is 5.73 Å². The van der Waals surface area contributed by atoms with Gasteiger partial charge in [-0.15, -0.1) is 12.4 Å². The van der Waals surface area contributed by atoms with Crippen LogP contribution in [0.2, 0.25) is 0 Å². The smallest absolute Gasteiger partial charge is 0.350 e. The lowest BCUT2D eigenvalue weighted by Gasteiger charge is -2.30. The van der Waals surface area contributed by atoms with Crippen molar-refractivity contribution in [3.05, 3.63) is 35.4 Å². The van der Waals surface area contributed by atoms with Crippen molar-refractivity contribution in [2.45, 2.75) is 44.3 Å². The summed E-state index contributed by atoms with van der Waals surface area (Å²) in [5.74, 6) is -0.606. The number of rotatable bonds is 6. The van der Waals surface area contributed by atoms with Crippen molar-refractivity contribution in [1.29, 1.82) is 0 Å². The third kappa shape index (κ3) is 7.03. The van der Waals surface area contributed by atoms with Gasteiger partial charge in [0, 0.05) is 18.2 Å². The predicted molar refractivity (Wildman–Crippen MR) is 98.6 cm³/mol. The van der Waals surface area contributed by atoms with E-state index in [1.54, 1.807) is 0 Å². The Balaban J connectivity index is 0.00000364. The number of nitrogens with one attached hydrogen (secondary N) is 2. The second-order valence-corrected chi connectivity index (χ2v) is 6.57. The Hall–Kier alpha value is -1.80. The van der Waals surface area contributed by atoms with Crippen molar-refractivity contribution in [1.82, 2.24) is 10.6 Å². The van der Waals surface area contributed by atoms with E-state index in [0.29, 0.717) is 12.5 Å². The van der Waals surface area contributed by atoms with Gasteiger partial charge in [-0.25, -0.2) is 0 Å². The molecule has 5 nitrogen and oxygen atoms in total. The second kappa shape index (κ2) is 10.5. The molecule has 152 valence electrons. The average Bonchev–Trinajstić information content (AvgIpc) is 2.64. The number of hydrogen-bond donors (Lipinski definition) is 3. The summed E-state index contributed by atoms with van der Waals surface area (Å²) in [5, 5.41) is 5.26. The standard InChI is InChI=1S/C18H24F3N3O2.ClH/c19-18(20,21)14-8-6-13(7-9-14)17(26)23-11-16(25)24-15(10-22)12-4-2-1-3-5-12;/h6-9,12,15H,1-5,10-11,22H2,(H,23,26)(H,24,25);1H. The van der Waals surface area contributed by atoms with Gasteiger partial charge in [0.2, 0.25) is 5.91 Å². The van der Waals surface area contributed by atoms with Crippen molar-refractivity contribution in [3.8, 4) is 0 Å². The van der Waals surface area contributed by atoms with Crippen molar-refractivity contribution >= 4 is 24.2 Å². The van der Waals surface area contributed by atoms with Gasteiger partial charge in [-0.1, -0.05) is 19.3 Å². The maximum Gasteiger partial charge on any atom is 0.416 e. The molecule has 1 aromatic rings. The molecule has 9 heteroatoms. The van der Waals surface area contributed by atoms with Crippen LogP contribution in [0.1, 0.15) is 48.0 Å². The van der Waals surface area contributed by atoms with Crippen LogP contribution in [0.3, 0.4) is 0 Å². The molecule has 1 unspecified atom stereocenters. The maximum atomic E-state index is 12.5. The van der Waals surface area contributed by atoms with Crippen molar-refractivity contribution in [2.24, 2.45) is 11.7 Å². The largest absolute Gasteiger partial charge is 0.416 e. The summed E-state index contributed by atoms with van der Waals surface area (Å²) in [6, 6.07) is 3.72. The third-order valence-electron chi connectivity index (χ3n) is 4.70. The van der Waals surface area contributed by atoms with Gasteiger partial charge < -0.3 is 16.4 Å². The van der Waals surface area contributed by atoms with Crippen LogP contribution in [0.4, 0.5) is 13.2 Å². The highest BCUT2D eigenvalue weighted by Gasteiger charge is 2.30. The van der Waals surface area contributed by atoms with Crippen LogP contribution < -0.4 is 16.4 Å². The molecule has 1 saturated carbocycles. The Labute approximate surface area is 162 Å². The van der Waals surface area contributed by atoms with Crippen LogP contribution in [0.25, 0.3) is 0 Å². The Morgan fingerprint density at radius 3 is 2.22 bits per heavy atom. The highest BCUT2D eigenvalue weighted by atomic mass is 35.5. The van der Waals surface area contributed by atoms with Gasteiger partial charge in [0.15, 0.2) is 0 Å². The molecule has 4 N–H and O–H groups in total. The summed E-state index contributed by atoms with van der Waals surface area (Å²) in [6.07, 6.45) is 1.06. The Morgan fingerprint density at radius 2 is 1.70 bits per heavy atom. The first-order valence-corrected chi connectivity index (χ1v) is 8.76.